The van der Waals surface area contributed by atoms with Crippen LogP contribution in [0.15, 0.2) is 84.5 Å². The lowest BCUT2D eigenvalue weighted by molar-refractivity contribution is -0.384. The molecule has 1 aliphatic heterocycles. The summed E-state index contributed by atoms with van der Waals surface area (Å²) in [6.07, 6.45) is 1.48. The van der Waals surface area contributed by atoms with Gasteiger partial charge in [-0.3, -0.25) is 19.5 Å². The topological polar surface area (TPSA) is 126 Å². The Balaban J connectivity index is 1.64. The zero-order chi connectivity index (χ0) is 30.1. The van der Waals surface area contributed by atoms with Crippen molar-refractivity contribution in [2.45, 2.75) is 39.8 Å². The molecule has 1 atom stereocenters. The predicted octanol–water partition coefficient (Wildman–Crippen LogP) is 5.52. The van der Waals surface area contributed by atoms with Crippen molar-refractivity contribution < 1.29 is 23.6 Å². The van der Waals surface area contributed by atoms with E-state index in [0.717, 1.165) is 0 Å². The summed E-state index contributed by atoms with van der Waals surface area (Å²) in [4.78, 5) is 42.8. The molecule has 2 aromatic carbocycles. The molecule has 0 spiro atoms. The van der Waals surface area contributed by atoms with E-state index < -0.39 is 16.9 Å². The van der Waals surface area contributed by atoms with Crippen LogP contribution >= 0.6 is 27.3 Å². The molecule has 12 heteroatoms. The third-order valence-electron chi connectivity index (χ3n) is 6.42. The van der Waals surface area contributed by atoms with Gasteiger partial charge in [0, 0.05) is 33.8 Å². The number of hydrogen-bond donors (Lipinski definition) is 0. The molecular weight excluding hydrogens is 626 g/mol. The Morgan fingerprint density at radius 1 is 1.24 bits per heavy atom. The van der Waals surface area contributed by atoms with E-state index in [4.69, 9.17) is 13.9 Å². The lowest BCUT2D eigenvalue weighted by Crippen LogP contribution is -2.40. The zero-order valence-corrected chi connectivity index (χ0v) is 25.5. The van der Waals surface area contributed by atoms with Gasteiger partial charge in [0.2, 0.25) is 0 Å². The summed E-state index contributed by atoms with van der Waals surface area (Å²) in [5.41, 5.74) is 1.57. The molecule has 42 heavy (non-hydrogen) atoms. The number of furan rings is 1. The molecule has 0 radical (unpaired) electrons. The highest BCUT2D eigenvalue weighted by atomic mass is 79.9. The quantitative estimate of drug-likeness (QED) is 0.140. The van der Waals surface area contributed by atoms with Gasteiger partial charge in [0.1, 0.15) is 23.3 Å². The van der Waals surface area contributed by atoms with Crippen molar-refractivity contribution in [1.82, 2.24) is 4.57 Å². The number of nitro benzene ring substituents is 1. The second-order valence-electron chi connectivity index (χ2n) is 9.63. The molecule has 0 bridgehead atoms. The second kappa shape index (κ2) is 11.9. The Hall–Kier alpha value is -4.29. The number of para-hydroxylation sites is 1. The number of carbonyl (C=O) groups excluding carboxylic acids is 1. The van der Waals surface area contributed by atoms with E-state index in [0.29, 0.717) is 47.9 Å². The largest absolute Gasteiger partial charge is 0.491 e. The first-order valence-corrected chi connectivity index (χ1v) is 14.7. The summed E-state index contributed by atoms with van der Waals surface area (Å²) in [6, 6.07) is 14.3. The van der Waals surface area contributed by atoms with Gasteiger partial charge >= 0.3 is 5.97 Å². The van der Waals surface area contributed by atoms with Crippen molar-refractivity contribution in [3.05, 3.63) is 111 Å². The van der Waals surface area contributed by atoms with E-state index in [1.807, 2.05) is 38.1 Å². The van der Waals surface area contributed by atoms with Gasteiger partial charge in [-0.2, -0.15) is 0 Å². The first kappa shape index (κ1) is 29.2. The minimum atomic E-state index is -0.819. The highest BCUT2D eigenvalue weighted by Gasteiger charge is 2.35. The van der Waals surface area contributed by atoms with Gasteiger partial charge in [0.25, 0.3) is 11.2 Å². The fourth-order valence-corrected chi connectivity index (χ4v) is 6.26. The first-order valence-electron chi connectivity index (χ1n) is 13.1. The molecule has 5 rings (SSSR count). The number of rotatable bonds is 8. The number of halogens is 1. The molecule has 0 saturated carbocycles. The number of allylic oxidation sites excluding steroid dienone is 1. The van der Waals surface area contributed by atoms with Crippen LogP contribution < -0.4 is 19.6 Å². The Morgan fingerprint density at radius 3 is 2.69 bits per heavy atom. The van der Waals surface area contributed by atoms with Gasteiger partial charge in [-0.25, -0.2) is 9.79 Å². The highest BCUT2D eigenvalue weighted by molar-refractivity contribution is 9.10. The number of benzene rings is 2. The number of aromatic nitrogens is 1. The molecule has 1 aliphatic rings. The molecule has 0 fully saturated rings. The number of nitrogens with zero attached hydrogens (tertiary/aromatic N) is 3. The molecule has 4 aromatic rings. The van der Waals surface area contributed by atoms with Crippen LogP contribution in [0.25, 0.3) is 17.4 Å². The van der Waals surface area contributed by atoms with E-state index in [1.54, 1.807) is 38.1 Å². The molecule has 10 nitrogen and oxygen atoms in total. The second-order valence-corrected chi connectivity index (χ2v) is 11.5. The van der Waals surface area contributed by atoms with E-state index in [2.05, 4.69) is 20.9 Å². The lowest BCUT2D eigenvalue weighted by atomic mass is 9.95. The Kier molecular flexibility index (Phi) is 8.28. The van der Waals surface area contributed by atoms with Crippen LogP contribution in [0.1, 0.15) is 45.1 Å². The average Bonchev–Trinajstić information content (AvgIpc) is 3.52. The van der Waals surface area contributed by atoms with Gasteiger partial charge in [-0.15, -0.1) is 0 Å². The minimum Gasteiger partial charge on any atom is -0.491 e. The number of esters is 1. The molecule has 216 valence electrons. The molecular formula is C30H26BrN3O7S. The maximum atomic E-state index is 14.0. The summed E-state index contributed by atoms with van der Waals surface area (Å²) < 4.78 is 19.8. The maximum Gasteiger partial charge on any atom is 0.338 e. The highest BCUT2D eigenvalue weighted by Crippen LogP contribution is 2.36. The molecule has 0 amide bonds. The van der Waals surface area contributed by atoms with Crippen LogP contribution in [0.4, 0.5) is 5.69 Å². The molecule has 0 saturated heterocycles. The Labute approximate surface area is 252 Å². The van der Waals surface area contributed by atoms with Gasteiger partial charge in [0.05, 0.1) is 33.4 Å². The van der Waals surface area contributed by atoms with Crippen LogP contribution in [0.3, 0.4) is 0 Å². The van der Waals surface area contributed by atoms with Crippen LogP contribution in [0.5, 0.6) is 5.75 Å². The average molecular weight is 653 g/mol. The van der Waals surface area contributed by atoms with Gasteiger partial charge in [-0.1, -0.05) is 29.5 Å². The Morgan fingerprint density at radius 2 is 2.00 bits per heavy atom. The fourth-order valence-electron chi connectivity index (χ4n) is 4.68. The SMILES string of the molecule is CCOC(=O)C1=C(C)N=c2s/c(=C\c3ccc(-c4ccc([N+](=O)[O-])cc4Br)o3)c(=O)n2[C@H]1c1ccccc1OC(C)C. The van der Waals surface area contributed by atoms with Crippen molar-refractivity contribution >= 4 is 45.0 Å². The first-order chi connectivity index (χ1) is 20.1. The number of non-ortho nitro benzene ring substituents is 1. The number of carbonyl (C=O) groups is 1. The number of nitro groups is 1. The van der Waals surface area contributed by atoms with E-state index in [-0.39, 0.29) is 29.5 Å². The van der Waals surface area contributed by atoms with Crippen molar-refractivity contribution in [2.75, 3.05) is 6.61 Å². The summed E-state index contributed by atoms with van der Waals surface area (Å²) in [5.74, 6) is 0.866. The summed E-state index contributed by atoms with van der Waals surface area (Å²) >= 11 is 4.55. The van der Waals surface area contributed by atoms with E-state index >= 15 is 0 Å². The van der Waals surface area contributed by atoms with Crippen molar-refractivity contribution in [1.29, 1.82) is 0 Å². The van der Waals surface area contributed by atoms with Crippen LogP contribution in [-0.4, -0.2) is 28.2 Å². The molecule has 0 unspecified atom stereocenters. The minimum absolute atomic E-state index is 0.0501. The number of ether oxygens (including phenoxy) is 2. The smallest absolute Gasteiger partial charge is 0.338 e. The van der Waals surface area contributed by atoms with Crippen LogP contribution in [0.2, 0.25) is 0 Å². The number of thiazole rings is 1. The Bertz CT molecular complexity index is 1920. The lowest BCUT2D eigenvalue weighted by Gasteiger charge is -2.26. The van der Waals surface area contributed by atoms with E-state index in [9.17, 15) is 19.7 Å². The third kappa shape index (κ3) is 5.59. The molecule has 2 aromatic heterocycles. The van der Waals surface area contributed by atoms with Gasteiger partial charge in [0.15, 0.2) is 4.80 Å². The predicted molar refractivity (Wildman–Crippen MR) is 161 cm³/mol. The van der Waals surface area contributed by atoms with Crippen molar-refractivity contribution in [3.63, 3.8) is 0 Å². The number of hydrogen-bond acceptors (Lipinski definition) is 9. The monoisotopic (exact) mass is 651 g/mol. The van der Waals surface area contributed by atoms with Crippen molar-refractivity contribution in [2.24, 2.45) is 4.99 Å². The molecule has 0 N–H and O–H groups in total. The van der Waals surface area contributed by atoms with Crippen molar-refractivity contribution in [3.8, 4) is 17.1 Å². The van der Waals surface area contributed by atoms with Crippen LogP contribution in [-0.2, 0) is 9.53 Å². The number of fused-ring (bicyclic) bond motifs is 1. The summed E-state index contributed by atoms with van der Waals surface area (Å²) in [5, 5.41) is 11.1. The maximum absolute atomic E-state index is 14.0. The van der Waals surface area contributed by atoms with Gasteiger partial charge < -0.3 is 13.9 Å². The molecule has 0 aliphatic carbocycles. The van der Waals surface area contributed by atoms with Crippen LogP contribution in [0, 0.1) is 10.1 Å². The fraction of sp³-hybridized carbons (Fsp3) is 0.233. The normalized spacial score (nSPS) is 15.0. The third-order valence-corrected chi connectivity index (χ3v) is 8.06. The summed E-state index contributed by atoms with van der Waals surface area (Å²) in [7, 11) is 0. The van der Waals surface area contributed by atoms with E-state index in [1.165, 1.54) is 28.0 Å². The standard InChI is InChI=1S/C30H26BrN3O7S/c1-5-39-29(36)26-17(4)32-30-33(27(26)21-8-6-7-9-23(21)40-16(2)3)28(35)25(42-30)15-19-11-13-24(41-19)20-12-10-18(34(37)38)14-22(20)31/h6-16,27H,5H2,1-4H3/b25-15-/t27-/m0/s1. The van der Waals surface area contributed by atoms with Gasteiger partial charge in [-0.05, 0) is 67.9 Å². The zero-order valence-electron chi connectivity index (χ0n) is 23.1. The summed E-state index contributed by atoms with van der Waals surface area (Å²) in [6.45, 7) is 7.43. The molecule has 3 heterocycles.